The summed E-state index contributed by atoms with van der Waals surface area (Å²) in [5, 5.41) is 0.520. The van der Waals surface area contributed by atoms with Crippen LogP contribution in [0.25, 0.3) is 0 Å². The molecule has 3 rings (SSSR count). The molecule has 0 bridgehead atoms. The number of carbonyl (C=O) groups is 2. The number of piperazine rings is 1. The number of ether oxygens (including phenoxy) is 1. The first-order valence-corrected chi connectivity index (χ1v) is 8.55. The molecule has 1 fully saturated rings. The second-order valence-electron chi connectivity index (χ2n) is 5.92. The third-order valence-electron chi connectivity index (χ3n) is 4.38. The van der Waals surface area contributed by atoms with Gasteiger partial charge < -0.3 is 14.5 Å². The summed E-state index contributed by atoms with van der Waals surface area (Å²) in [5.41, 5.74) is 1.20. The van der Waals surface area contributed by atoms with Crippen LogP contribution >= 0.6 is 11.6 Å². The highest BCUT2D eigenvalue weighted by Gasteiger charge is 2.25. The van der Waals surface area contributed by atoms with Gasteiger partial charge in [0.2, 0.25) is 0 Å². The van der Waals surface area contributed by atoms with E-state index in [1.807, 2.05) is 4.90 Å². The maximum atomic E-state index is 13.8. The van der Waals surface area contributed by atoms with Gasteiger partial charge in [-0.05, 0) is 30.3 Å². The summed E-state index contributed by atoms with van der Waals surface area (Å²) in [7, 11) is 1.32. The lowest BCUT2D eigenvalue weighted by atomic mass is 10.1. The van der Waals surface area contributed by atoms with Gasteiger partial charge in [0.05, 0.1) is 28.9 Å². The summed E-state index contributed by atoms with van der Waals surface area (Å²) in [6.07, 6.45) is 0. The summed E-state index contributed by atoms with van der Waals surface area (Å²) in [6.45, 7) is 1.94. The Labute approximate surface area is 155 Å². The Hall–Kier alpha value is -2.60. The van der Waals surface area contributed by atoms with Gasteiger partial charge in [0.1, 0.15) is 5.82 Å². The second-order valence-corrected chi connectivity index (χ2v) is 6.32. The molecule has 0 N–H and O–H groups in total. The Balaban J connectivity index is 1.72. The molecule has 5 nitrogen and oxygen atoms in total. The number of amides is 1. The molecule has 1 aliphatic heterocycles. The standard InChI is InChI=1S/C19H18ClFN2O3/c1-26-19(25)13-6-7-15(20)17(12-13)22-8-10-23(11-9-22)18(24)14-4-2-3-5-16(14)21/h2-7,12H,8-11H2,1H3. The summed E-state index contributed by atoms with van der Waals surface area (Å²) in [5.74, 6) is -1.28. The molecular formula is C19H18ClFN2O3. The van der Waals surface area contributed by atoms with Gasteiger partial charge >= 0.3 is 5.97 Å². The predicted octanol–water partition coefficient (Wildman–Crippen LogP) is 3.23. The molecule has 1 saturated heterocycles. The third-order valence-corrected chi connectivity index (χ3v) is 4.70. The zero-order chi connectivity index (χ0) is 18.7. The molecule has 26 heavy (non-hydrogen) atoms. The minimum Gasteiger partial charge on any atom is -0.465 e. The van der Waals surface area contributed by atoms with E-state index >= 15 is 0 Å². The van der Waals surface area contributed by atoms with E-state index in [-0.39, 0.29) is 11.5 Å². The van der Waals surface area contributed by atoms with Crippen LogP contribution in [0.15, 0.2) is 42.5 Å². The maximum Gasteiger partial charge on any atom is 0.337 e. The van der Waals surface area contributed by atoms with Crippen molar-refractivity contribution < 1.29 is 18.7 Å². The number of nitrogens with zero attached hydrogens (tertiary/aromatic N) is 2. The van der Waals surface area contributed by atoms with E-state index in [1.165, 1.54) is 19.2 Å². The van der Waals surface area contributed by atoms with Crippen molar-refractivity contribution >= 4 is 29.2 Å². The van der Waals surface area contributed by atoms with Crippen molar-refractivity contribution in [2.45, 2.75) is 0 Å². The fraction of sp³-hybridized carbons (Fsp3) is 0.263. The first kappa shape index (κ1) is 18.2. The largest absolute Gasteiger partial charge is 0.465 e. The molecule has 2 aromatic rings. The Morgan fingerprint density at radius 3 is 2.42 bits per heavy atom. The topological polar surface area (TPSA) is 49.9 Å². The highest BCUT2D eigenvalue weighted by atomic mass is 35.5. The van der Waals surface area contributed by atoms with Crippen LogP contribution in [0.4, 0.5) is 10.1 Å². The van der Waals surface area contributed by atoms with Crippen molar-refractivity contribution in [3.63, 3.8) is 0 Å². The van der Waals surface area contributed by atoms with E-state index in [4.69, 9.17) is 16.3 Å². The molecule has 7 heteroatoms. The van der Waals surface area contributed by atoms with Gasteiger partial charge in [-0.25, -0.2) is 9.18 Å². The van der Waals surface area contributed by atoms with Gasteiger partial charge in [-0.15, -0.1) is 0 Å². The SMILES string of the molecule is COC(=O)c1ccc(Cl)c(N2CCN(C(=O)c3ccccc3F)CC2)c1. The van der Waals surface area contributed by atoms with Crippen LogP contribution in [0.5, 0.6) is 0 Å². The van der Waals surface area contributed by atoms with Crippen molar-refractivity contribution in [3.05, 3.63) is 64.4 Å². The van der Waals surface area contributed by atoms with Gasteiger partial charge in [0, 0.05) is 26.2 Å². The number of carbonyl (C=O) groups excluding carboxylic acids is 2. The van der Waals surface area contributed by atoms with Crippen molar-refractivity contribution in [2.24, 2.45) is 0 Å². The number of methoxy groups -OCH3 is 1. The quantitative estimate of drug-likeness (QED) is 0.772. The molecule has 0 saturated carbocycles. The molecule has 0 radical (unpaired) electrons. The molecule has 0 spiro atoms. The summed E-state index contributed by atoms with van der Waals surface area (Å²) in [4.78, 5) is 27.8. The number of benzene rings is 2. The molecule has 1 aliphatic rings. The zero-order valence-corrected chi connectivity index (χ0v) is 15.0. The van der Waals surface area contributed by atoms with Gasteiger partial charge in [0.25, 0.3) is 5.91 Å². The Bertz CT molecular complexity index is 835. The minimum atomic E-state index is -0.520. The summed E-state index contributed by atoms with van der Waals surface area (Å²) < 4.78 is 18.6. The Morgan fingerprint density at radius 1 is 1.08 bits per heavy atom. The van der Waals surface area contributed by atoms with Crippen LogP contribution in [0.2, 0.25) is 5.02 Å². The lowest BCUT2D eigenvalue weighted by Crippen LogP contribution is -2.49. The molecule has 1 amide bonds. The van der Waals surface area contributed by atoms with E-state index in [0.717, 1.165) is 0 Å². The Kier molecular flexibility index (Phi) is 5.42. The Morgan fingerprint density at radius 2 is 1.77 bits per heavy atom. The molecule has 0 unspecified atom stereocenters. The molecule has 0 aliphatic carbocycles. The lowest BCUT2D eigenvalue weighted by Gasteiger charge is -2.36. The van der Waals surface area contributed by atoms with Gasteiger partial charge in [-0.1, -0.05) is 23.7 Å². The van der Waals surface area contributed by atoms with Crippen molar-refractivity contribution in [3.8, 4) is 0 Å². The maximum absolute atomic E-state index is 13.8. The van der Waals surface area contributed by atoms with E-state index in [0.29, 0.717) is 42.5 Å². The van der Waals surface area contributed by atoms with E-state index in [9.17, 15) is 14.0 Å². The van der Waals surface area contributed by atoms with Crippen LogP contribution < -0.4 is 4.90 Å². The molecule has 0 aromatic heterocycles. The van der Waals surface area contributed by atoms with Crippen LogP contribution in [0, 0.1) is 5.82 Å². The molecule has 136 valence electrons. The number of hydrogen-bond acceptors (Lipinski definition) is 4. The fourth-order valence-corrected chi connectivity index (χ4v) is 3.19. The van der Waals surface area contributed by atoms with Crippen LogP contribution in [0.1, 0.15) is 20.7 Å². The number of anilines is 1. The summed E-state index contributed by atoms with van der Waals surface area (Å²) in [6, 6.07) is 10.9. The first-order chi connectivity index (χ1) is 12.5. The van der Waals surface area contributed by atoms with Crippen LogP contribution in [0.3, 0.4) is 0 Å². The van der Waals surface area contributed by atoms with Crippen molar-refractivity contribution in [1.29, 1.82) is 0 Å². The average molecular weight is 377 g/mol. The zero-order valence-electron chi connectivity index (χ0n) is 14.2. The van der Waals surface area contributed by atoms with E-state index < -0.39 is 11.8 Å². The third kappa shape index (κ3) is 3.65. The van der Waals surface area contributed by atoms with Gasteiger partial charge in [0.15, 0.2) is 0 Å². The highest BCUT2D eigenvalue weighted by molar-refractivity contribution is 6.33. The smallest absolute Gasteiger partial charge is 0.337 e. The van der Waals surface area contributed by atoms with E-state index in [1.54, 1.807) is 35.2 Å². The van der Waals surface area contributed by atoms with E-state index in [2.05, 4.69) is 0 Å². The molecule has 1 heterocycles. The number of hydrogen-bond donors (Lipinski definition) is 0. The molecule has 2 aromatic carbocycles. The highest BCUT2D eigenvalue weighted by Crippen LogP contribution is 2.28. The number of halogens is 2. The normalized spacial score (nSPS) is 14.3. The minimum absolute atomic E-state index is 0.0756. The average Bonchev–Trinajstić information content (AvgIpc) is 2.68. The number of esters is 1. The second kappa shape index (κ2) is 7.74. The van der Waals surface area contributed by atoms with Gasteiger partial charge in [-0.2, -0.15) is 0 Å². The lowest BCUT2D eigenvalue weighted by molar-refractivity contribution is 0.0600. The fourth-order valence-electron chi connectivity index (χ4n) is 2.96. The molecule has 0 atom stereocenters. The first-order valence-electron chi connectivity index (χ1n) is 8.18. The van der Waals surface area contributed by atoms with Crippen molar-refractivity contribution in [1.82, 2.24) is 4.90 Å². The molecular weight excluding hydrogens is 359 g/mol. The predicted molar refractivity (Wildman–Crippen MR) is 97.3 cm³/mol. The monoisotopic (exact) mass is 376 g/mol. The van der Waals surface area contributed by atoms with Crippen LogP contribution in [-0.4, -0.2) is 50.1 Å². The summed E-state index contributed by atoms with van der Waals surface area (Å²) >= 11 is 6.27. The van der Waals surface area contributed by atoms with Crippen molar-refractivity contribution in [2.75, 3.05) is 38.2 Å². The van der Waals surface area contributed by atoms with Crippen LogP contribution in [-0.2, 0) is 4.74 Å². The number of rotatable bonds is 3. The van der Waals surface area contributed by atoms with Gasteiger partial charge in [-0.3, -0.25) is 4.79 Å².